The van der Waals surface area contributed by atoms with Crippen LogP contribution in [0.15, 0.2) is 42.5 Å². The molecule has 2 heterocycles. The number of carbonyl (C=O) groups excluding carboxylic acids is 2. The Balaban J connectivity index is 2.02. The highest BCUT2D eigenvalue weighted by Crippen LogP contribution is 2.47. The Kier molecular flexibility index (Phi) is 6.50. The number of nitrogens with zero attached hydrogens (tertiary/aromatic N) is 3. The van der Waals surface area contributed by atoms with Crippen LogP contribution >= 0.6 is 0 Å². The molecule has 4 rings (SSSR count). The van der Waals surface area contributed by atoms with E-state index < -0.39 is 34.2 Å². The van der Waals surface area contributed by atoms with Crippen molar-refractivity contribution in [1.82, 2.24) is 16.0 Å². The molecule has 2 atom stereocenters. The number of nitro benzene ring substituents is 1. The van der Waals surface area contributed by atoms with E-state index in [1.165, 1.54) is 17.2 Å². The molecule has 0 bridgehead atoms. The van der Waals surface area contributed by atoms with E-state index in [0.717, 1.165) is 5.56 Å². The van der Waals surface area contributed by atoms with Crippen LogP contribution in [0.2, 0.25) is 0 Å². The fourth-order valence-corrected chi connectivity index (χ4v) is 5.03. The highest BCUT2D eigenvalue weighted by Gasteiger charge is 2.58. The average Bonchev–Trinajstić information content (AvgIpc) is 3.17. The molecule has 0 saturated heterocycles. The molecule has 0 spiro atoms. The number of hydrogen-bond acceptors (Lipinski definition) is 9. The van der Waals surface area contributed by atoms with Crippen LogP contribution in [0, 0.1) is 15.5 Å². The van der Waals surface area contributed by atoms with E-state index in [4.69, 9.17) is 4.84 Å². The van der Waals surface area contributed by atoms with Crippen LogP contribution < -0.4 is 25.9 Å². The van der Waals surface area contributed by atoms with Gasteiger partial charge >= 0.3 is 5.97 Å². The van der Waals surface area contributed by atoms with Gasteiger partial charge in [-0.1, -0.05) is 18.2 Å². The molecule has 1 amide bonds. The molecule has 3 N–H and O–H groups in total. The molecule has 0 aliphatic carbocycles. The van der Waals surface area contributed by atoms with Gasteiger partial charge in [-0.05, 0) is 59.6 Å². The Morgan fingerprint density at radius 3 is 2.36 bits per heavy atom. The first kappa shape index (κ1) is 25.5. The molecule has 0 radical (unpaired) electrons. The third kappa shape index (κ3) is 3.89. The second kappa shape index (κ2) is 9.16. The van der Waals surface area contributed by atoms with Gasteiger partial charge in [0.05, 0.1) is 28.5 Å². The summed E-state index contributed by atoms with van der Waals surface area (Å²) in [6.45, 7) is 5.21. The van der Waals surface area contributed by atoms with Gasteiger partial charge in [0, 0.05) is 23.4 Å². The molecule has 2 aliphatic rings. The molecule has 2 aromatic carbocycles. The Labute approximate surface area is 209 Å². The van der Waals surface area contributed by atoms with Gasteiger partial charge in [0.15, 0.2) is 6.17 Å². The van der Waals surface area contributed by atoms with E-state index in [1.54, 1.807) is 52.9 Å². The zero-order valence-electron chi connectivity index (χ0n) is 21.3. The van der Waals surface area contributed by atoms with E-state index >= 15 is 0 Å². The number of para-hydroxylation sites is 1. The van der Waals surface area contributed by atoms with Gasteiger partial charge in [0.2, 0.25) is 5.91 Å². The molecule has 11 nitrogen and oxygen atoms in total. The molecule has 2 aliphatic heterocycles. The lowest BCUT2D eigenvalue weighted by molar-refractivity contribution is -0.385. The maximum Gasteiger partial charge on any atom is 0.337 e. The summed E-state index contributed by atoms with van der Waals surface area (Å²) >= 11 is 0. The summed E-state index contributed by atoms with van der Waals surface area (Å²) in [4.78, 5) is 45.6. The quantitative estimate of drug-likeness (QED) is 0.313. The smallest absolute Gasteiger partial charge is 0.337 e. The van der Waals surface area contributed by atoms with Crippen molar-refractivity contribution < 1.29 is 19.3 Å². The van der Waals surface area contributed by atoms with Crippen molar-refractivity contribution in [2.45, 2.75) is 45.1 Å². The monoisotopic (exact) mass is 496 g/mol. The molecule has 0 fully saturated rings. The van der Waals surface area contributed by atoms with Crippen LogP contribution in [0.4, 0.5) is 17.1 Å². The third-order valence-electron chi connectivity index (χ3n) is 6.87. The van der Waals surface area contributed by atoms with Gasteiger partial charge in [-0.15, -0.1) is 0 Å². The summed E-state index contributed by atoms with van der Waals surface area (Å²) in [7, 11) is 5.20. The first-order valence-corrected chi connectivity index (χ1v) is 11.7. The average molecular weight is 497 g/mol. The minimum atomic E-state index is -1.14. The van der Waals surface area contributed by atoms with E-state index in [2.05, 4.69) is 16.0 Å². The predicted molar refractivity (Wildman–Crippen MR) is 135 cm³/mol. The number of rotatable bonds is 6. The molecular weight excluding hydrogens is 464 g/mol. The fourth-order valence-electron chi connectivity index (χ4n) is 5.03. The fraction of sp³-hybridized carbons (Fsp3) is 0.440. The van der Waals surface area contributed by atoms with Gasteiger partial charge < -0.3 is 10.2 Å². The van der Waals surface area contributed by atoms with Gasteiger partial charge in [-0.3, -0.25) is 30.4 Å². The van der Waals surface area contributed by atoms with Crippen molar-refractivity contribution >= 4 is 28.9 Å². The van der Waals surface area contributed by atoms with Crippen molar-refractivity contribution in [3.63, 3.8) is 0 Å². The minimum Gasteiger partial charge on any atom is -0.338 e. The zero-order chi connectivity index (χ0) is 26.4. The first-order valence-electron chi connectivity index (χ1n) is 11.7. The molecule has 36 heavy (non-hydrogen) atoms. The minimum absolute atomic E-state index is 0.0988. The maximum absolute atomic E-state index is 13.5. The Morgan fingerprint density at radius 2 is 1.78 bits per heavy atom. The lowest BCUT2D eigenvalue weighted by Crippen LogP contribution is -2.78. The van der Waals surface area contributed by atoms with Crippen molar-refractivity contribution in [3.05, 3.63) is 63.7 Å². The van der Waals surface area contributed by atoms with Crippen molar-refractivity contribution in [2.75, 3.05) is 31.1 Å². The summed E-state index contributed by atoms with van der Waals surface area (Å²) < 4.78 is 0. The number of carbonyl (C=O) groups is 2. The van der Waals surface area contributed by atoms with E-state index in [9.17, 15) is 19.7 Å². The summed E-state index contributed by atoms with van der Waals surface area (Å²) in [5, 5.41) is 22.9. The number of benzene rings is 2. The normalized spacial score (nSPS) is 20.7. The Bertz CT molecular complexity index is 1210. The second-order valence-electron chi connectivity index (χ2n) is 9.99. The largest absolute Gasteiger partial charge is 0.338 e. The van der Waals surface area contributed by atoms with E-state index in [-0.39, 0.29) is 18.0 Å². The number of nitrogens with one attached hydrogen (secondary N) is 3. The molecular formula is C25H32N6O5. The molecule has 2 unspecified atom stereocenters. The Morgan fingerprint density at radius 1 is 1.11 bits per heavy atom. The maximum atomic E-state index is 13.5. The molecule has 192 valence electrons. The number of non-ortho nitro benzene ring substituents is 1. The molecule has 0 aromatic heterocycles. The molecule has 11 heteroatoms. The van der Waals surface area contributed by atoms with Crippen LogP contribution in [0.25, 0.3) is 0 Å². The standard InChI is InChI=1S/C25H32N6O5/c1-24(2,3)23(33)36-30-19-12-11-16(31(34)35)14-17(19)21(26-4)25(27-5,28-6)22(30)29-18-10-8-7-9-15(18)13-20(29)32/h7-12,14,21-22,26-28H,13H2,1-6H3. The number of likely N-dealkylation sites (N-methyl/N-ethyl adjacent to an activating group) is 3. The van der Waals surface area contributed by atoms with E-state index in [1.807, 2.05) is 24.3 Å². The summed E-state index contributed by atoms with van der Waals surface area (Å²) in [5.41, 5.74) is 0.468. The van der Waals surface area contributed by atoms with Crippen LogP contribution in [0.1, 0.15) is 37.9 Å². The van der Waals surface area contributed by atoms with Crippen LogP contribution in [0.5, 0.6) is 0 Å². The lowest BCUT2D eigenvalue weighted by Gasteiger charge is -2.55. The number of fused-ring (bicyclic) bond motifs is 2. The van der Waals surface area contributed by atoms with Crippen molar-refractivity contribution in [2.24, 2.45) is 5.41 Å². The van der Waals surface area contributed by atoms with Gasteiger partial charge in [-0.2, -0.15) is 5.06 Å². The summed E-state index contributed by atoms with van der Waals surface area (Å²) in [6, 6.07) is 11.3. The summed E-state index contributed by atoms with van der Waals surface area (Å²) in [6.07, 6.45) is -0.685. The van der Waals surface area contributed by atoms with Gasteiger partial charge in [0.25, 0.3) is 5.69 Å². The van der Waals surface area contributed by atoms with Crippen LogP contribution in [-0.2, 0) is 20.8 Å². The summed E-state index contributed by atoms with van der Waals surface area (Å²) in [5.74, 6) is -0.672. The van der Waals surface area contributed by atoms with Gasteiger partial charge in [-0.25, -0.2) is 4.79 Å². The lowest BCUT2D eigenvalue weighted by atomic mass is 9.83. The zero-order valence-corrected chi connectivity index (χ0v) is 21.3. The first-order chi connectivity index (χ1) is 17.0. The number of nitro groups is 1. The molecule has 2 aromatic rings. The highest BCUT2D eigenvalue weighted by atomic mass is 16.7. The second-order valence-corrected chi connectivity index (χ2v) is 9.99. The third-order valence-corrected chi connectivity index (χ3v) is 6.87. The van der Waals surface area contributed by atoms with E-state index in [0.29, 0.717) is 16.9 Å². The van der Waals surface area contributed by atoms with Crippen molar-refractivity contribution in [3.8, 4) is 0 Å². The highest BCUT2D eigenvalue weighted by molar-refractivity contribution is 6.02. The van der Waals surface area contributed by atoms with Crippen LogP contribution in [-0.4, -0.2) is 49.8 Å². The number of anilines is 2. The predicted octanol–water partition coefficient (Wildman–Crippen LogP) is 2.23. The number of hydrogen-bond donors (Lipinski definition) is 3. The van der Waals surface area contributed by atoms with Crippen molar-refractivity contribution in [1.29, 1.82) is 0 Å². The topological polar surface area (TPSA) is 129 Å². The van der Waals surface area contributed by atoms with Crippen LogP contribution in [0.3, 0.4) is 0 Å². The number of hydroxylamine groups is 1. The Hall–Kier alpha value is -3.54. The van der Waals surface area contributed by atoms with Gasteiger partial charge in [0.1, 0.15) is 5.66 Å². The SMILES string of the molecule is CNC1c2cc([N+](=O)[O-])ccc2N(OC(=O)C(C)(C)C)C(N2C(=O)Cc3ccccc32)C1(NC)NC. The number of amides is 1. The molecule has 0 saturated carbocycles.